The zero-order valence-electron chi connectivity index (χ0n) is 15.0. The number of anilines is 1. The monoisotopic (exact) mass is 380 g/mol. The van der Waals surface area contributed by atoms with Crippen molar-refractivity contribution in [3.05, 3.63) is 11.6 Å². The van der Waals surface area contributed by atoms with E-state index in [4.69, 9.17) is 10.5 Å². The number of carbonyl (C=O) groups excluding carboxylic acids is 3. The highest BCUT2D eigenvalue weighted by atomic mass is 32.1. The van der Waals surface area contributed by atoms with E-state index in [1.54, 1.807) is 10.3 Å². The number of imide groups is 1. The van der Waals surface area contributed by atoms with Crippen LogP contribution < -0.4 is 10.6 Å². The number of morpholine rings is 1. The molecule has 3 amide bonds. The summed E-state index contributed by atoms with van der Waals surface area (Å²) in [7, 11) is 0. The number of hydrogen-bond acceptors (Lipinski definition) is 7. The maximum absolute atomic E-state index is 13.1. The van der Waals surface area contributed by atoms with Crippen LogP contribution in [0.25, 0.3) is 0 Å². The molecule has 1 saturated carbocycles. The molecule has 1 aromatic heterocycles. The van der Waals surface area contributed by atoms with Crippen LogP contribution >= 0.6 is 11.3 Å². The molecule has 2 aliphatic rings. The van der Waals surface area contributed by atoms with Gasteiger partial charge in [0.05, 0.1) is 31.1 Å². The van der Waals surface area contributed by atoms with Crippen molar-refractivity contribution in [1.82, 2.24) is 9.88 Å². The summed E-state index contributed by atoms with van der Waals surface area (Å²) >= 11 is 1.20. The van der Waals surface area contributed by atoms with Gasteiger partial charge in [-0.25, -0.2) is 9.88 Å². The van der Waals surface area contributed by atoms with Crippen LogP contribution in [0.15, 0.2) is 11.6 Å². The second kappa shape index (κ2) is 7.81. The predicted molar refractivity (Wildman–Crippen MR) is 96.4 cm³/mol. The van der Waals surface area contributed by atoms with Gasteiger partial charge in [0.1, 0.15) is 0 Å². The van der Waals surface area contributed by atoms with Gasteiger partial charge in [-0.15, -0.1) is 11.3 Å². The molecule has 0 bridgehead atoms. The summed E-state index contributed by atoms with van der Waals surface area (Å²) < 4.78 is 5.29. The van der Waals surface area contributed by atoms with Crippen molar-refractivity contribution in [2.45, 2.75) is 26.3 Å². The molecule has 26 heavy (non-hydrogen) atoms. The first-order chi connectivity index (χ1) is 12.5. The number of amides is 3. The minimum absolute atomic E-state index is 0.0224. The van der Waals surface area contributed by atoms with Gasteiger partial charge in [0.15, 0.2) is 5.13 Å². The highest BCUT2D eigenvalue weighted by molar-refractivity contribution is 7.14. The van der Waals surface area contributed by atoms with Gasteiger partial charge in [-0.1, -0.05) is 13.3 Å². The summed E-state index contributed by atoms with van der Waals surface area (Å²) in [6.45, 7) is 5.61. The van der Waals surface area contributed by atoms with Gasteiger partial charge in [-0.3, -0.25) is 14.4 Å². The van der Waals surface area contributed by atoms with Gasteiger partial charge in [0.25, 0.3) is 5.91 Å². The van der Waals surface area contributed by atoms with E-state index >= 15 is 0 Å². The minimum atomic E-state index is -0.824. The molecule has 3 rings (SSSR count). The van der Waals surface area contributed by atoms with Gasteiger partial charge in [0.2, 0.25) is 11.8 Å². The predicted octanol–water partition coefficient (Wildman–Crippen LogP) is 0.481. The fourth-order valence-corrected chi connectivity index (χ4v) is 4.18. The van der Waals surface area contributed by atoms with E-state index in [0.717, 1.165) is 4.90 Å². The molecule has 0 spiro atoms. The van der Waals surface area contributed by atoms with Gasteiger partial charge in [-0.05, 0) is 12.8 Å². The first-order valence-corrected chi connectivity index (χ1v) is 9.74. The zero-order chi connectivity index (χ0) is 18.8. The maximum atomic E-state index is 13.1. The smallest absolute Gasteiger partial charge is 0.252 e. The average Bonchev–Trinajstić information content (AvgIpc) is 3.15. The van der Waals surface area contributed by atoms with Crippen molar-refractivity contribution in [3.8, 4) is 0 Å². The Bertz CT molecular complexity index is 672. The lowest BCUT2D eigenvalue weighted by atomic mass is 10.2. The van der Waals surface area contributed by atoms with Crippen molar-refractivity contribution >= 4 is 34.2 Å². The van der Waals surface area contributed by atoms with E-state index in [9.17, 15) is 14.4 Å². The van der Waals surface area contributed by atoms with Crippen LogP contribution in [0.2, 0.25) is 0 Å². The molecule has 1 unspecified atom stereocenters. The van der Waals surface area contributed by atoms with E-state index in [2.05, 4.69) is 4.98 Å². The van der Waals surface area contributed by atoms with E-state index < -0.39 is 17.9 Å². The molecular weight excluding hydrogens is 356 g/mol. The van der Waals surface area contributed by atoms with Gasteiger partial charge < -0.3 is 15.4 Å². The van der Waals surface area contributed by atoms with Crippen LogP contribution in [0.5, 0.6) is 0 Å². The lowest BCUT2D eigenvalue weighted by molar-refractivity contribution is -0.138. The fraction of sp³-hybridized carbons (Fsp3) is 0.647. The van der Waals surface area contributed by atoms with Crippen LogP contribution in [0.1, 0.15) is 20.3 Å². The molecule has 0 radical (unpaired) electrons. The highest BCUT2D eigenvalue weighted by Gasteiger charge is 2.60. The third-order valence-corrected chi connectivity index (χ3v) is 5.73. The molecule has 1 aliphatic carbocycles. The van der Waals surface area contributed by atoms with E-state index in [1.165, 1.54) is 24.5 Å². The Hall–Kier alpha value is -1.84. The summed E-state index contributed by atoms with van der Waals surface area (Å²) in [6, 6.07) is -0.824. The highest BCUT2D eigenvalue weighted by Crippen LogP contribution is 2.51. The SMILES string of the molecule is CC[C@H]1C(C(=O)N2CCOCC2)[C@@H]1C(=O)N(C(=O)[C@@H](C)N)c1nccs1. The first kappa shape index (κ1) is 18.9. The van der Waals surface area contributed by atoms with E-state index in [1.807, 2.05) is 6.92 Å². The average molecular weight is 380 g/mol. The van der Waals surface area contributed by atoms with Crippen LogP contribution in [-0.2, 0) is 19.1 Å². The topological polar surface area (TPSA) is 106 Å². The molecule has 2 N–H and O–H groups in total. The second-order valence-corrected chi connectivity index (χ2v) is 7.55. The Labute approximate surface area is 156 Å². The summed E-state index contributed by atoms with van der Waals surface area (Å²) in [5, 5.41) is 2.00. The van der Waals surface area contributed by atoms with Crippen LogP contribution in [0.3, 0.4) is 0 Å². The van der Waals surface area contributed by atoms with Gasteiger partial charge in [-0.2, -0.15) is 0 Å². The van der Waals surface area contributed by atoms with Gasteiger partial charge >= 0.3 is 0 Å². The number of aromatic nitrogens is 1. The summed E-state index contributed by atoms with van der Waals surface area (Å²) in [5.41, 5.74) is 5.72. The van der Waals surface area contributed by atoms with Crippen LogP contribution in [0.4, 0.5) is 5.13 Å². The molecule has 2 heterocycles. The van der Waals surface area contributed by atoms with Crippen molar-refractivity contribution in [3.63, 3.8) is 0 Å². The van der Waals surface area contributed by atoms with Crippen LogP contribution in [-0.4, -0.2) is 60.0 Å². The number of thiazole rings is 1. The molecular formula is C17H24N4O4S. The largest absolute Gasteiger partial charge is 0.378 e. The number of carbonyl (C=O) groups is 3. The molecule has 142 valence electrons. The molecule has 2 fully saturated rings. The Morgan fingerprint density at radius 2 is 2.08 bits per heavy atom. The van der Waals surface area contributed by atoms with Crippen molar-refractivity contribution in [1.29, 1.82) is 0 Å². The van der Waals surface area contributed by atoms with Crippen molar-refractivity contribution in [2.24, 2.45) is 23.5 Å². The Morgan fingerprint density at radius 1 is 1.38 bits per heavy atom. The zero-order valence-corrected chi connectivity index (χ0v) is 15.8. The number of nitrogens with two attached hydrogens (primary N) is 1. The maximum Gasteiger partial charge on any atom is 0.252 e. The molecule has 1 aromatic rings. The lowest BCUT2D eigenvalue weighted by Crippen LogP contribution is -2.47. The lowest BCUT2D eigenvalue weighted by Gasteiger charge is -2.27. The molecule has 4 atom stereocenters. The minimum Gasteiger partial charge on any atom is -0.378 e. The number of hydrogen-bond donors (Lipinski definition) is 1. The van der Waals surface area contributed by atoms with Crippen molar-refractivity contribution in [2.75, 3.05) is 31.2 Å². The summed E-state index contributed by atoms with van der Waals surface area (Å²) in [5.74, 6) is -1.83. The summed E-state index contributed by atoms with van der Waals surface area (Å²) in [4.78, 5) is 45.4. The number of nitrogens with zero attached hydrogens (tertiary/aromatic N) is 3. The molecule has 9 heteroatoms. The Morgan fingerprint density at radius 3 is 2.62 bits per heavy atom. The number of rotatable bonds is 5. The normalized spacial score (nSPS) is 26.3. The molecule has 0 aromatic carbocycles. The molecule has 1 aliphatic heterocycles. The van der Waals surface area contributed by atoms with Crippen LogP contribution in [0, 0.1) is 17.8 Å². The first-order valence-electron chi connectivity index (χ1n) is 8.86. The summed E-state index contributed by atoms with van der Waals surface area (Å²) in [6.07, 6.45) is 2.24. The quantitative estimate of drug-likeness (QED) is 0.796. The molecule has 8 nitrogen and oxygen atoms in total. The Kier molecular flexibility index (Phi) is 5.69. The Balaban J connectivity index is 1.80. The fourth-order valence-electron chi connectivity index (χ4n) is 3.53. The third-order valence-electron chi connectivity index (χ3n) is 4.97. The van der Waals surface area contributed by atoms with Gasteiger partial charge in [0, 0.05) is 24.7 Å². The van der Waals surface area contributed by atoms with E-state index in [0.29, 0.717) is 37.9 Å². The number of ether oxygens (including phenoxy) is 1. The molecule has 1 saturated heterocycles. The standard InChI is InChI=1S/C17H24N4O4S/c1-3-11-12(15(23)20-5-7-25-8-6-20)13(11)16(24)21(14(22)10(2)18)17-19-4-9-26-17/h4,9-13H,3,5-8,18H2,1-2H3/t10-,11+,12?,13-/m1/s1. The van der Waals surface area contributed by atoms with E-state index in [-0.39, 0.29) is 23.7 Å². The van der Waals surface area contributed by atoms with Crippen molar-refractivity contribution < 1.29 is 19.1 Å². The third kappa shape index (κ3) is 3.51. The second-order valence-electron chi connectivity index (χ2n) is 6.68.